The van der Waals surface area contributed by atoms with Crippen molar-refractivity contribution in [2.24, 2.45) is 11.3 Å². The van der Waals surface area contributed by atoms with Crippen LogP contribution in [-0.4, -0.2) is 32.5 Å². The highest BCUT2D eigenvalue weighted by Gasteiger charge is 2.58. The predicted octanol–water partition coefficient (Wildman–Crippen LogP) is 1.75. The summed E-state index contributed by atoms with van der Waals surface area (Å²) in [5, 5.41) is 0.0604. The van der Waals surface area contributed by atoms with Crippen molar-refractivity contribution in [1.29, 1.82) is 0 Å². The first-order valence-corrected chi connectivity index (χ1v) is 8.95. The molecule has 0 aromatic carbocycles. The molecule has 3 unspecified atom stereocenters. The summed E-state index contributed by atoms with van der Waals surface area (Å²) in [6.45, 7) is 0. The molecule has 2 aliphatic carbocycles. The number of fused-ring (bicyclic) bond motifs is 2. The smallest absolute Gasteiger partial charge is 0.313 e. The largest absolute Gasteiger partial charge is 0.469 e. The van der Waals surface area contributed by atoms with Crippen molar-refractivity contribution >= 4 is 27.6 Å². The number of hydrogen-bond donors (Lipinski definition) is 1. The Labute approximate surface area is 134 Å². The van der Waals surface area contributed by atoms with Crippen molar-refractivity contribution in [3.63, 3.8) is 0 Å². The predicted molar refractivity (Wildman–Crippen MR) is 79.8 cm³/mol. The number of sulfonamides is 1. The van der Waals surface area contributed by atoms with E-state index >= 15 is 0 Å². The number of ether oxygens (including phenoxy) is 1. The highest BCUT2D eigenvalue weighted by atomic mass is 35.5. The van der Waals surface area contributed by atoms with Crippen molar-refractivity contribution in [3.8, 4) is 0 Å². The lowest BCUT2D eigenvalue weighted by molar-refractivity contribution is -0.153. The first-order chi connectivity index (χ1) is 10.4. The molecule has 0 spiro atoms. The summed E-state index contributed by atoms with van der Waals surface area (Å²) in [6.07, 6.45) is 5.57. The third kappa shape index (κ3) is 2.41. The SMILES string of the molecule is COC(=O)C12CCC(CC1NS(=O)(=O)c1ccncc1Cl)C2. The second kappa shape index (κ2) is 5.47. The second-order valence-electron chi connectivity index (χ2n) is 5.97. The molecule has 1 aromatic rings. The molecule has 1 heterocycles. The van der Waals surface area contributed by atoms with Gasteiger partial charge in [-0.2, -0.15) is 0 Å². The topological polar surface area (TPSA) is 85.4 Å². The summed E-state index contributed by atoms with van der Waals surface area (Å²) in [7, 11) is -2.47. The normalized spacial score (nSPS) is 30.5. The number of carbonyl (C=O) groups excluding carboxylic acids is 1. The molecule has 22 heavy (non-hydrogen) atoms. The summed E-state index contributed by atoms with van der Waals surface area (Å²) in [4.78, 5) is 16.0. The second-order valence-corrected chi connectivity index (χ2v) is 8.06. The highest BCUT2D eigenvalue weighted by Crippen LogP contribution is 2.55. The molecule has 3 atom stereocenters. The number of aromatic nitrogens is 1. The van der Waals surface area contributed by atoms with E-state index in [2.05, 4.69) is 9.71 Å². The van der Waals surface area contributed by atoms with Crippen molar-refractivity contribution < 1.29 is 17.9 Å². The third-order valence-electron chi connectivity index (χ3n) is 4.80. The molecule has 0 amide bonds. The zero-order valence-electron chi connectivity index (χ0n) is 12.1. The van der Waals surface area contributed by atoms with E-state index in [1.165, 1.54) is 25.6 Å². The number of nitrogens with zero attached hydrogens (tertiary/aromatic N) is 1. The fraction of sp³-hybridized carbons (Fsp3) is 0.571. The number of rotatable bonds is 4. The van der Waals surface area contributed by atoms with Crippen LogP contribution >= 0.6 is 11.6 Å². The van der Waals surface area contributed by atoms with Gasteiger partial charge in [-0.05, 0) is 37.7 Å². The van der Waals surface area contributed by atoms with Crippen LogP contribution in [0.3, 0.4) is 0 Å². The van der Waals surface area contributed by atoms with Crippen LogP contribution in [0.5, 0.6) is 0 Å². The van der Waals surface area contributed by atoms with Gasteiger partial charge in [0, 0.05) is 18.4 Å². The average molecular weight is 345 g/mol. The monoisotopic (exact) mass is 344 g/mol. The van der Waals surface area contributed by atoms with Gasteiger partial charge in [-0.25, -0.2) is 13.1 Å². The number of hydrogen-bond acceptors (Lipinski definition) is 5. The Morgan fingerprint density at radius 2 is 2.32 bits per heavy atom. The summed E-state index contributed by atoms with van der Waals surface area (Å²) < 4.78 is 32.7. The Balaban J connectivity index is 1.90. The van der Waals surface area contributed by atoms with Crippen LogP contribution in [-0.2, 0) is 19.6 Å². The lowest BCUT2D eigenvalue weighted by Gasteiger charge is -2.32. The van der Waals surface area contributed by atoms with E-state index in [9.17, 15) is 13.2 Å². The van der Waals surface area contributed by atoms with Gasteiger partial charge in [0.05, 0.1) is 17.5 Å². The zero-order chi connectivity index (χ0) is 16.0. The highest BCUT2D eigenvalue weighted by molar-refractivity contribution is 7.89. The molecule has 2 bridgehead atoms. The minimum Gasteiger partial charge on any atom is -0.469 e. The molecule has 0 radical (unpaired) electrons. The number of carbonyl (C=O) groups is 1. The van der Waals surface area contributed by atoms with E-state index in [-0.39, 0.29) is 15.9 Å². The Bertz CT molecular complexity index is 709. The van der Waals surface area contributed by atoms with Crippen LogP contribution in [0.1, 0.15) is 25.7 Å². The van der Waals surface area contributed by atoms with Crippen molar-refractivity contribution in [3.05, 3.63) is 23.5 Å². The van der Waals surface area contributed by atoms with Gasteiger partial charge in [-0.15, -0.1) is 0 Å². The van der Waals surface area contributed by atoms with Gasteiger partial charge in [-0.3, -0.25) is 9.78 Å². The summed E-state index contributed by atoms with van der Waals surface area (Å²) in [5.74, 6) is 0.0285. The number of halogens is 1. The Morgan fingerprint density at radius 3 is 2.95 bits per heavy atom. The van der Waals surface area contributed by atoms with Crippen LogP contribution in [0.2, 0.25) is 5.02 Å². The molecular formula is C14H17ClN2O4S. The molecule has 120 valence electrons. The van der Waals surface area contributed by atoms with E-state index in [0.29, 0.717) is 25.2 Å². The molecule has 0 aliphatic heterocycles. The maximum Gasteiger partial charge on any atom is 0.313 e. The van der Waals surface area contributed by atoms with Crippen molar-refractivity contribution in [1.82, 2.24) is 9.71 Å². The van der Waals surface area contributed by atoms with Gasteiger partial charge in [-0.1, -0.05) is 11.6 Å². The summed E-state index contributed by atoms with van der Waals surface area (Å²) in [6, 6.07) is 0.899. The van der Waals surface area contributed by atoms with Gasteiger partial charge < -0.3 is 4.74 Å². The standard InChI is InChI=1S/C14H17ClN2O4S/c1-21-13(18)14-4-2-9(7-14)6-12(14)17-22(19,20)11-3-5-16-8-10(11)15/h3,5,8-9,12,17H,2,4,6-7H2,1H3. The molecule has 1 N–H and O–H groups in total. The Morgan fingerprint density at radius 1 is 1.55 bits per heavy atom. The van der Waals surface area contributed by atoms with Gasteiger partial charge in [0.25, 0.3) is 0 Å². The van der Waals surface area contributed by atoms with E-state index in [0.717, 1.165) is 6.42 Å². The Kier molecular flexibility index (Phi) is 3.91. The molecule has 2 saturated carbocycles. The number of pyridine rings is 1. The van der Waals surface area contributed by atoms with Crippen LogP contribution < -0.4 is 4.72 Å². The zero-order valence-corrected chi connectivity index (χ0v) is 13.7. The van der Waals surface area contributed by atoms with E-state index in [1.54, 1.807) is 0 Å². The van der Waals surface area contributed by atoms with Crippen LogP contribution in [0.25, 0.3) is 0 Å². The van der Waals surface area contributed by atoms with E-state index < -0.39 is 21.5 Å². The van der Waals surface area contributed by atoms with Gasteiger partial charge in [0.2, 0.25) is 10.0 Å². The van der Waals surface area contributed by atoms with Gasteiger partial charge in [0.15, 0.2) is 0 Å². The first-order valence-electron chi connectivity index (χ1n) is 7.09. The van der Waals surface area contributed by atoms with Gasteiger partial charge in [0.1, 0.15) is 4.90 Å². The van der Waals surface area contributed by atoms with Crippen molar-refractivity contribution in [2.45, 2.75) is 36.6 Å². The summed E-state index contributed by atoms with van der Waals surface area (Å²) >= 11 is 5.92. The lowest BCUT2D eigenvalue weighted by atomic mass is 9.80. The van der Waals surface area contributed by atoms with Crippen LogP contribution in [0, 0.1) is 11.3 Å². The van der Waals surface area contributed by atoms with E-state index in [1.807, 2.05) is 0 Å². The number of nitrogens with one attached hydrogen (secondary N) is 1. The minimum absolute atomic E-state index is 0.0213. The van der Waals surface area contributed by atoms with Crippen LogP contribution in [0.15, 0.2) is 23.4 Å². The molecule has 8 heteroatoms. The molecule has 2 aliphatic rings. The fourth-order valence-electron chi connectivity index (χ4n) is 3.78. The molecule has 0 saturated heterocycles. The number of methoxy groups -OCH3 is 1. The Hall–Kier alpha value is -1.18. The minimum atomic E-state index is -3.81. The average Bonchev–Trinajstić information content (AvgIpc) is 3.05. The molecule has 3 rings (SSSR count). The lowest BCUT2D eigenvalue weighted by Crippen LogP contribution is -2.49. The maximum absolute atomic E-state index is 12.6. The number of esters is 1. The van der Waals surface area contributed by atoms with Gasteiger partial charge >= 0.3 is 5.97 Å². The molecule has 2 fully saturated rings. The molecule has 6 nitrogen and oxygen atoms in total. The first kappa shape index (κ1) is 15.7. The summed E-state index contributed by atoms with van der Waals surface area (Å²) in [5.41, 5.74) is -0.744. The van der Waals surface area contributed by atoms with Crippen molar-refractivity contribution in [2.75, 3.05) is 7.11 Å². The van der Waals surface area contributed by atoms with Crippen LogP contribution in [0.4, 0.5) is 0 Å². The maximum atomic E-state index is 12.6. The molecular weight excluding hydrogens is 328 g/mol. The quantitative estimate of drug-likeness (QED) is 0.841. The van der Waals surface area contributed by atoms with E-state index in [4.69, 9.17) is 16.3 Å². The third-order valence-corrected chi connectivity index (χ3v) is 6.74. The molecule has 1 aromatic heterocycles. The fourth-order valence-corrected chi connectivity index (χ4v) is 5.58.